The summed E-state index contributed by atoms with van der Waals surface area (Å²) in [5.41, 5.74) is 1.83. The molecule has 0 atom stereocenters. The predicted octanol–water partition coefficient (Wildman–Crippen LogP) is 3.83. The lowest BCUT2D eigenvalue weighted by Gasteiger charge is -2.19. The molecule has 0 aromatic heterocycles. The van der Waals surface area contributed by atoms with E-state index in [1.54, 1.807) is 0 Å². The fourth-order valence-corrected chi connectivity index (χ4v) is 2.60. The van der Waals surface area contributed by atoms with Crippen molar-refractivity contribution in [2.24, 2.45) is 0 Å². The second kappa shape index (κ2) is 7.91. The molecule has 2 aromatic rings. The number of esters is 1. The maximum Gasteiger partial charge on any atom is 0.350 e. The quantitative estimate of drug-likeness (QED) is 0.481. The minimum atomic E-state index is -0.733. The summed E-state index contributed by atoms with van der Waals surface area (Å²) in [5, 5.41) is 9.41. The van der Waals surface area contributed by atoms with Crippen LogP contribution < -0.4 is 0 Å². The summed E-state index contributed by atoms with van der Waals surface area (Å²) in [4.78, 5) is 23.9. The molecule has 0 unspecified atom stereocenters. The van der Waals surface area contributed by atoms with Gasteiger partial charge in [-0.05, 0) is 41.0 Å². The summed E-state index contributed by atoms with van der Waals surface area (Å²) in [6.45, 7) is 0. The van der Waals surface area contributed by atoms with Gasteiger partial charge in [-0.2, -0.15) is 5.26 Å². The zero-order chi connectivity index (χ0) is 18.4. The predicted molar refractivity (Wildman–Crippen MR) is 96.7 cm³/mol. The Bertz CT molecular complexity index is 890. The molecule has 126 valence electrons. The van der Waals surface area contributed by atoms with Crippen LogP contribution in [0.25, 0.3) is 0 Å². The first-order valence-corrected chi connectivity index (χ1v) is 8.04. The Morgan fingerprint density at radius 2 is 1.35 bits per heavy atom. The van der Waals surface area contributed by atoms with Crippen LogP contribution in [0.3, 0.4) is 0 Å². The van der Waals surface area contributed by atoms with Gasteiger partial charge in [0.25, 0.3) is 0 Å². The fraction of sp³-hybridized carbons (Fsp3) is 0.0455. The van der Waals surface area contributed by atoms with Gasteiger partial charge in [-0.1, -0.05) is 60.7 Å². The van der Waals surface area contributed by atoms with E-state index in [9.17, 15) is 14.9 Å². The molecule has 0 fully saturated rings. The van der Waals surface area contributed by atoms with Gasteiger partial charge in [0.15, 0.2) is 11.9 Å². The van der Waals surface area contributed by atoms with Crippen LogP contribution in [-0.4, -0.2) is 11.8 Å². The maximum absolute atomic E-state index is 12.7. The first-order chi connectivity index (χ1) is 12.7. The topological polar surface area (TPSA) is 67.2 Å². The molecular formula is C22H15NO3. The Morgan fingerprint density at radius 1 is 0.846 bits per heavy atom. The van der Waals surface area contributed by atoms with Gasteiger partial charge in [0.1, 0.15) is 11.6 Å². The molecule has 3 rings (SSSR count). The van der Waals surface area contributed by atoms with Gasteiger partial charge in [-0.25, -0.2) is 4.79 Å². The Morgan fingerprint density at radius 3 is 1.81 bits per heavy atom. The molecule has 0 spiro atoms. The molecule has 0 saturated heterocycles. The Balaban J connectivity index is 1.94. The molecule has 1 aliphatic carbocycles. The molecule has 0 radical (unpaired) electrons. The van der Waals surface area contributed by atoms with E-state index in [0.717, 1.165) is 11.1 Å². The number of nitrogens with zero attached hydrogens (tertiary/aromatic N) is 1. The lowest BCUT2D eigenvalue weighted by molar-refractivity contribution is -0.142. The number of ether oxygens (including phenoxy) is 1. The van der Waals surface area contributed by atoms with E-state index in [2.05, 4.69) is 0 Å². The van der Waals surface area contributed by atoms with Gasteiger partial charge >= 0.3 is 5.97 Å². The molecular weight excluding hydrogens is 326 g/mol. The van der Waals surface area contributed by atoms with E-state index in [1.165, 1.54) is 24.3 Å². The first-order valence-electron chi connectivity index (χ1n) is 8.04. The molecule has 0 saturated carbocycles. The number of nitriles is 1. The average molecular weight is 341 g/mol. The lowest BCUT2D eigenvalue weighted by Crippen LogP contribution is -2.15. The largest absolute Gasteiger partial charge is 0.448 e. The van der Waals surface area contributed by atoms with Crippen molar-refractivity contribution in [3.05, 3.63) is 107 Å². The van der Waals surface area contributed by atoms with Crippen molar-refractivity contribution in [3.8, 4) is 6.07 Å². The summed E-state index contributed by atoms with van der Waals surface area (Å²) in [6, 6.07) is 20.6. The van der Waals surface area contributed by atoms with Crippen LogP contribution in [0, 0.1) is 11.3 Å². The summed E-state index contributed by atoms with van der Waals surface area (Å²) in [5.74, 6) is -0.922. The van der Waals surface area contributed by atoms with E-state index in [0.29, 0.717) is 5.57 Å². The number of hydrogen-bond donors (Lipinski definition) is 0. The van der Waals surface area contributed by atoms with Crippen molar-refractivity contribution in [1.82, 2.24) is 0 Å². The van der Waals surface area contributed by atoms with E-state index in [-0.39, 0.29) is 11.4 Å². The van der Waals surface area contributed by atoms with Crippen molar-refractivity contribution >= 4 is 11.8 Å². The Labute approximate surface area is 151 Å². The van der Waals surface area contributed by atoms with Crippen LogP contribution in [0.15, 0.2) is 96.1 Å². The van der Waals surface area contributed by atoms with Crippen LogP contribution >= 0.6 is 0 Å². The third-order valence-corrected chi connectivity index (χ3v) is 3.89. The van der Waals surface area contributed by atoms with Gasteiger partial charge < -0.3 is 4.74 Å². The van der Waals surface area contributed by atoms with Crippen LogP contribution in [0.5, 0.6) is 0 Å². The van der Waals surface area contributed by atoms with Gasteiger partial charge in [0.05, 0.1) is 0 Å². The number of carbonyl (C=O) groups is 2. The van der Waals surface area contributed by atoms with Crippen LogP contribution in [0.2, 0.25) is 0 Å². The normalized spacial score (nSPS) is 12.8. The second-order valence-corrected chi connectivity index (χ2v) is 5.62. The molecule has 1 aliphatic rings. The highest BCUT2D eigenvalue weighted by Crippen LogP contribution is 2.27. The van der Waals surface area contributed by atoms with Gasteiger partial charge in [-0.15, -0.1) is 0 Å². The van der Waals surface area contributed by atoms with Crippen LogP contribution in [0.1, 0.15) is 17.2 Å². The first kappa shape index (κ1) is 17.1. The third kappa shape index (κ3) is 3.85. The molecule has 4 heteroatoms. The van der Waals surface area contributed by atoms with Crippen molar-refractivity contribution in [2.75, 3.05) is 0 Å². The maximum atomic E-state index is 12.7. The van der Waals surface area contributed by atoms with Crippen LogP contribution in [-0.2, 0) is 14.3 Å². The lowest BCUT2D eigenvalue weighted by atomic mass is 10.0. The molecule has 4 nitrogen and oxygen atoms in total. The van der Waals surface area contributed by atoms with E-state index in [4.69, 9.17) is 4.74 Å². The molecule has 0 bridgehead atoms. The number of hydrogen-bond acceptors (Lipinski definition) is 4. The number of carbonyl (C=O) groups excluding carboxylic acids is 2. The zero-order valence-corrected chi connectivity index (χ0v) is 13.8. The van der Waals surface area contributed by atoms with Crippen molar-refractivity contribution in [3.63, 3.8) is 0 Å². The summed E-state index contributed by atoms with van der Waals surface area (Å²) >= 11 is 0. The highest BCUT2D eigenvalue weighted by molar-refractivity contribution is 6.03. The smallest absolute Gasteiger partial charge is 0.350 e. The van der Waals surface area contributed by atoms with E-state index in [1.807, 2.05) is 66.7 Å². The molecule has 0 amide bonds. The average Bonchev–Trinajstić information content (AvgIpc) is 2.69. The molecule has 2 aromatic carbocycles. The molecule has 0 aliphatic heterocycles. The van der Waals surface area contributed by atoms with Gasteiger partial charge in [0.2, 0.25) is 0 Å². The van der Waals surface area contributed by atoms with Crippen molar-refractivity contribution in [1.29, 1.82) is 5.26 Å². The van der Waals surface area contributed by atoms with Crippen molar-refractivity contribution in [2.45, 2.75) is 6.10 Å². The van der Waals surface area contributed by atoms with E-state index >= 15 is 0 Å². The van der Waals surface area contributed by atoms with Crippen LogP contribution in [0.4, 0.5) is 0 Å². The number of allylic oxidation sites excluding steroid dienone is 5. The summed E-state index contributed by atoms with van der Waals surface area (Å²) in [6.07, 6.45) is 4.88. The number of benzene rings is 2. The van der Waals surface area contributed by atoms with Gasteiger partial charge in [-0.3, -0.25) is 4.79 Å². The summed E-state index contributed by atoms with van der Waals surface area (Å²) in [7, 11) is 0. The third-order valence-electron chi connectivity index (χ3n) is 3.89. The monoisotopic (exact) mass is 341 g/mol. The van der Waals surface area contributed by atoms with Gasteiger partial charge in [0, 0.05) is 0 Å². The highest BCUT2D eigenvalue weighted by atomic mass is 16.5. The number of ketones is 1. The number of rotatable bonds is 4. The highest BCUT2D eigenvalue weighted by Gasteiger charge is 2.23. The minimum absolute atomic E-state index is 0.137. The molecule has 0 heterocycles. The minimum Gasteiger partial charge on any atom is -0.448 e. The standard InChI is InChI=1S/C22H15NO3/c23-15-20(16-11-13-19(24)14-12-16)22(25)26-21(17-7-3-1-4-8-17)18-9-5-2-6-10-18/h1-14,21H. The Kier molecular flexibility index (Phi) is 5.21. The van der Waals surface area contributed by atoms with Crippen molar-refractivity contribution < 1.29 is 14.3 Å². The molecule has 26 heavy (non-hydrogen) atoms. The second-order valence-electron chi connectivity index (χ2n) is 5.62. The molecule has 0 N–H and O–H groups in total. The SMILES string of the molecule is N#CC(C(=O)OC(c1ccccc1)c1ccccc1)=C1C=CC(=O)C=C1. The zero-order valence-electron chi connectivity index (χ0n) is 13.8. The fourth-order valence-electron chi connectivity index (χ4n) is 2.60. The summed E-state index contributed by atoms with van der Waals surface area (Å²) < 4.78 is 5.68. The van der Waals surface area contributed by atoms with E-state index < -0.39 is 12.1 Å². The Hall–Kier alpha value is -3.71.